The molecule has 0 saturated carbocycles. The maximum Gasteiger partial charge on any atom is 0.260 e. The SMILES string of the molecule is COc1cc(C(=O)N(Cc2cccnc2)c2nc3c(SC)cccc3s2)cc(OC)c1OC. The highest BCUT2D eigenvalue weighted by Gasteiger charge is 2.25. The summed E-state index contributed by atoms with van der Waals surface area (Å²) < 4.78 is 17.3. The molecule has 0 spiro atoms. The molecular formula is C24H23N3O4S2. The number of carbonyl (C=O) groups is 1. The summed E-state index contributed by atoms with van der Waals surface area (Å²) in [5.41, 5.74) is 2.18. The van der Waals surface area contributed by atoms with Gasteiger partial charge in [-0.05, 0) is 42.2 Å². The van der Waals surface area contributed by atoms with E-state index in [1.54, 1.807) is 41.2 Å². The van der Waals surface area contributed by atoms with Crippen molar-refractivity contribution in [1.82, 2.24) is 9.97 Å². The van der Waals surface area contributed by atoms with E-state index in [1.807, 2.05) is 36.6 Å². The fraction of sp³-hybridized carbons (Fsp3) is 0.208. The molecule has 4 aromatic rings. The van der Waals surface area contributed by atoms with E-state index in [4.69, 9.17) is 19.2 Å². The van der Waals surface area contributed by atoms with Gasteiger partial charge in [0, 0.05) is 22.9 Å². The predicted octanol–water partition coefficient (Wildman–Crippen LogP) is 5.29. The number of fused-ring (bicyclic) bond motifs is 1. The molecule has 2 aromatic carbocycles. The summed E-state index contributed by atoms with van der Waals surface area (Å²) in [4.78, 5) is 25.6. The van der Waals surface area contributed by atoms with Crippen LogP contribution in [0.15, 0.2) is 59.8 Å². The van der Waals surface area contributed by atoms with Gasteiger partial charge in [-0.25, -0.2) is 4.98 Å². The lowest BCUT2D eigenvalue weighted by Gasteiger charge is -2.21. The van der Waals surface area contributed by atoms with Gasteiger partial charge in [-0.2, -0.15) is 0 Å². The molecule has 7 nitrogen and oxygen atoms in total. The van der Waals surface area contributed by atoms with Crippen LogP contribution in [0.1, 0.15) is 15.9 Å². The Morgan fingerprint density at radius 3 is 2.42 bits per heavy atom. The van der Waals surface area contributed by atoms with Crippen molar-refractivity contribution < 1.29 is 19.0 Å². The lowest BCUT2D eigenvalue weighted by molar-refractivity contribution is 0.0984. The van der Waals surface area contributed by atoms with Crippen LogP contribution < -0.4 is 19.1 Å². The van der Waals surface area contributed by atoms with E-state index >= 15 is 0 Å². The zero-order valence-electron chi connectivity index (χ0n) is 18.7. The fourth-order valence-corrected chi connectivity index (χ4v) is 5.07. The molecule has 2 heterocycles. The monoisotopic (exact) mass is 481 g/mol. The molecule has 0 radical (unpaired) electrons. The number of para-hydroxylation sites is 1. The molecule has 0 aliphatic heterocycles. The molecule has 0 N–H and O–H groups in total. The first kappa shape index (κ1) is 22.9. The van der Waals surface area contributed by atoms with E-state index < -0.39 is 0 Å². The van der Waals surface area contributed by atoms with E-state index in [-0.39, 0.29) is 5.91 Å². The smallest absolute Gasteiger partial charge is 0.260 e. The lowest BCUT2D eigenvalue weighted by atomic mass is 10.1. The maximum atomic E-state index is 13.8. The summed E-state index contributed by atoms with van der Waals surface area (Å²) in [6, 6.07) is 13.1. The van der Waals surface area contributed by atoms with Crippen LogP contribution in [0.5, 0.6) is 17.2 Å². The highest BCUT2D eigenvalue weighted by molar-refractivity contribution is 7.98. The van der Waals surface area contributed by atoms with Gasteiger partial charge in [0.1, 0.15) is 0 Å². The number of rotatable bonds is 8. The molecule has 2 aromatic heterocycles. The second kappa shape index (κ2) is 10.1. The Kier molecular flexibility index (Phi) is 7.00. The van der Waals surface area contributed by atoms with Gasteiger partial charge in [-0.1, -0.05) is 23.5 Å². The molecule has 0 fully saturated rings. The molecule has 1 amide bonds. The van der Waals surface area contributed by atoms with E-state index in [0.717, 1.165) is 20.7 Å². The maximum absolute atomic E-state index is 13.8. The number of hydrogen-bond donors (Lipinski definition) is 0. The number of benzene rings is 2. The number of pyridine rings is 1. The van der Waals surface area contributed by atoms with Crippen molar-refractivity contribution in [2.75, 3.05) is 32.5 Å². The van der Waals surface area contributed by atoms with E-state index in [2.05, 4.69) is 4.98 Å². The summed E-state index contributed by atoms with van der Waals surface area (Å²) in [6.45, 7) is 0.317. The molecule has 33 heavy (non-hydrogen) atoms. The minimum atomic E-state index is -0.233. The normalized spacial score (nSPS) is 10.8. The Bertz CT molecular complexity index is 1250. The molecule has 0 bridgehead atoms. The Labute approximate surface area is 200 Å². The molecule has 170 valence electrons. The van der Waals surface area contributed by atoms with E-state index in [9.17, 15) is 4.79 Å². The Balaban J connectivity index is 1.83. The van der Waals surface area contributed by atoms with Crippen LogP contribution >= 0.6 is 23.1 Å². The number of aromatic nitrogens is 2. The van der Waals surface area contributed by atoms with Gasteiger partial charge in [-0.15, -0.1) is 11.8 Å². The predicted molar refractivity (Wildman–Crippen MR) is 132 cm³/mol. The second-order valence-corrected chi connectivity index (χ2v) is 8.83. The standard InChI is InChI=1S/C24H23N3O4S2/c1-29-17-11-16(12-18(30-2)22(17)31-3)23(28)27(14-15-7-6-10-25-13-15)24-26-21-19(32-4)8-5-9-20(21)33-24/h5-13H,14H2,1-4H3. The van der Waals surface area contributed by atoms with Gasteiger partial charge in [0.05, 0.1) is 38.1 Å². The number of hydrogen-bond acceptors (Lipinski definition) is 8. The minimum Gasteiger partial charge on any atom is -0.493 e. The molecule has 0 saturated heterocycles. The number of amides is 1. The molecule has 0 unspecified atom stereocenters. The highest BCUT2D eigenvalue weighted by atomic mass is 32.2. The minimum absolute atomic E-state index is 0.233. The topological polar surface area (TPSA) is 73.8 Å². The van der Waals surface area contributed by atoms with Crippen molar-refractivity contribution in [2.24, 2.45) is 0 Å². The first-order chi connectivity index (χ1) is 16.1. The van der Waals surface area contributed by atoms with Crippen LogP contribution in [0.25, 0.3) is 10.2 Å². The summed E-state index contributed by atoms with van der Waals surface area (Å²) in [5.74, 6) is 1.02. The molecular weight excluding hydrogens is 458 g/mol. The molecule has 0 aliphatic carbocycles. The van der Waals surface area contributed by atoms with Crippen LogP contribution in [0.3, 0.4) is 0 Å². The fourth-order valence-electron chi connectivity index (χ4n) is 3.45. The van der Waals surface area contributed by atoms with E-state index in [0.29, 0.717) is 34.5 Å². The first-order valence-electron chi connectivity index (χ1n) is 10.0. The van der Waals surface area contributed by atoms with E-state index in [1.165, 1.54) is 32.7 Å². The Morgan fingerprint density at radius 2 is 1.82 bits per heavy atom. The largest absolute Gasteiger partial charge is 0.493 e. The number of thiazole rings is 1. The summed E-state index contributed by atoms with van der Waals surface area (Å²) in [7, 11) is 4.58. The van der Waals surface area contributed by atoms with Crippen molar-refractivity contribution in [3.05, 3.63) is 66.0 Å². The number of ether oxygens (including phenoxy) is 3. The van der Waals surface area contributed by atoms with Gasteiger partial charge in [0.25, 0.3) is 5.91 Å². The Morgan fingerprint density at radius 1 is 1.06 bits per heavy atom. The molecule has 4 rings (SSSR count). The van der Waals surface area contributed by atoms with Crippen LogP contribution in [0.2, 0.25) is 0 Å². The van der Waals surface area contributed by atoms with Crippen LogP contribution in [-0.2, 0) is 6.54 Å². The van der Waals surface area contributed by atoms with Gasteiger partial charge < -0.3 is 14.2 Å². The average molecular weight is 482 g/mol. The number of carbonyl (C=O) groups excluding carboxylic acids is 1. The average Bonchev–Trinajstić information content (AvgIpc) is 3.30. The van der Waals surface area contributed by atoms with Crippen molar-refractivity contribution in [3.8, 4) is 17.2 Å². The third-order valence-electron chi connectivity index (χ3n) is 5.04. The van der Waals surface area contributed by atoms with Crippen LogP contribution in [0, 0.1) is 0 Å². The number of methoxy groups -OCH3 is 3. The zero-order valence-corrected chi connectivity index (χ0v) is 20.3. The lowest BCUT2D eigenvalue weighted by Crippen LogP contribution is -2.30. The number of thioether (sulfide) groups is 1. The first-order valence-corrected chi connectivity index (χ1v) is 12.1. The van der Waals surface area contributed by atoms with Crippen molar-refractivity contribution >= 4 is 44.4 Å². The Hall–Kier alpha value is -3.30. The molecule has 0 atom stereocenters. The van der Waals surface area contributed by atoms with Crippen LogP contribution in [-0.4, -0.2) is 43.5 Å². The van der Waals surface area contributed by atoms with Crippen molar-refractivity contribution in [3.63, 3.8) is 0 Å². The zero-order chi connectivity index (χ0) is 23.4. The van der Waals surface area contributed by atoms with Crippen molar-refractivity contribution in [1.29, 1.82) is 0 Å². The molecule has 9 heteroatoms. The molecule has 0 aliphatic rings. The summed E-state index contributed by atoms with van der Waals surface area (Å²) in [6.07, 6.45) is 5.47. The van der Waals surface area contributed by atoms with Crippen LogP contribution in [0.4, 0.5) is 5.13 Å². The number of anilines is 1. The second-order valence-electron chi connectivity index (χ2n) is 6.97. The number of nitrogens with zero attached hydrogens (tertiary/aromatic N) is 3. The third-order valence-corrected chi connectivity index (χ3v) is 6.85. The van der Waals surface area contributed by atoms with Gasteiger partial charge in [0.15, 0.2) is 16.6 Å². The third kappa shape index (κ3) is 4.60. The van der Waals surface area contributed by atoms with Crippen molar-refractivity contribution in [2.45, 2.75) is 11.4 Å². The highest BCUT2D eigenvalue weighted by Crippen LogP contribution is 2.40. The summed E-state index contributed by atoms with van der Waals surface area (Å²) in [5, 5.41) is 0.606. The van der Waals surface area contributed by atoms with Gasteiger partial charge in [-0.3, -0.25) is 14.7 Å². The van der Waals surface area contributed by atoms with Gasteiger partial charge >= 0.3 is 0 Å². The summed E-state index contributed by atoms with van der Waals surface area (Å²) >= 11 is 3.11. The quantitative estimate of drug-likeness (QED) is 0.317. The van der Waals surface area contributed by atoms with Gasteiger partial charge in [0.2, 0.25) is 5.75 Å².